The fraction of sp³-hybridized carbons (Fsp3) is 0.389. The van der Waals surface area contributed by atoms with Crippen molar-refractivity contribution in [3.05, 3.63) is 35.7 Å². The molecule has 2 N–H and O–H groups in total. The Labute approximate surface area is 142 Å². The van der Waals surface area contributed by atoms with Gasteiger partial charge in [-0.3, -0.25) is 14.5 Å². The first-order chi connectivity index (χ1) is 11.3. The van der Waals surface area contributed by atoms with Gasteiger partial charge in [0.05, 0.1) is 12.2 Å². The lowest BCUT2D eigenvalue weighted by atomic mass is 9.91. The second-order valence-corrected chi connectivity index (χ2v) is 6.93. The van der Waals surface area contributed by atoms with E-state index in [1.807, 2.05) is 19.1 Å². The monoisotopic (exact) mass is 325 g/mol. The summed E-state index contributed by atoms with van der Waals surface area (Å²) in [6.07, 6.45) is 1.77. The Bertz CT molecular complexity index is 796. The molecule has 1 amide bonds. The first-order valence-electron chi connectivity index (χ1n) is 8.14. The van der Waals surface area contributed by atoms with Crippen LogP contribution in [0.1, 0.15) is 43.9 Å². The molecule has 1 aromatic carbocycles. The van der Waals surface area contributed by atoms with Gasteiger partial charge in [-0.15, -0.1) is 0 Å². The number of aryl methyl sites for hydroxylation is 1. The molecule has 1 aliphatic rings. The molecule has 0 fully saturated rings. The third kappa shape index (κ3) is 2.68. The maximum absolute atomic E-state index is 13.2. The highest BCUT2D eigenvalue weighted by atomic mass is 16.2. The van der Waals surface area contributed by atoms with Crippen LogP contribution in [0, 0.1) is 0 Å². The average Bonchev–Trinajstić information content (AvgIpc) is 2.83. The number of amides is 1. The third-order valence-corrected chi connectivity index (χ3v) is 4.07. The van der Waals surface area contributed by atoms with E-state index in [0.717, 1.165) is 11.4 Å². The molecule has 0 radical (unpaired) electrons. The maximum atomic E-state index is 13.2. The van der Waals surface area contributed by atoms with Gasteiger partial charge in [-0.05, 0) is 31.2 Å². The van der Waals surface area contributed by atoms with E-state index in [4.69, 9.17) is 5.73 Å². The van der Waals surface area contributed by atoms with Crippen LogP contribution in [0.5, 0.6) is 0 Å². The zero-order chi connectivity index (χ0) is 17.5. The molecule has 0 unspecified atom stereocenters. The number of nitrogen functional groups attached to an aromatic ring is 1. The molecular weight excluding hydrogens is 302 g/mol. The van der Waals surface area contributed by atoms with Crippen molar-refractivity contribution in [2.75, 3.05) is 17.2 Å². The minimum atomic E-state index is -0.182. The van der Waals surface area contributed by atoms with E-state index in [-0.39, 0.29) is 11.3 Å². The van der Waals surface area contributed by atoms with Crippen molar-refractivity contribution < 1.29 is 4.79 Å². The van der Waals surface area contributed by atoms with Crippen molar-refractivity contribution in [2.45, 2.75) is 39.7 Å². The van der Waals surface area contributed by atoms with Crippen molar-refractivity contribution in [3.63, 3.8) is 0 Å². The molecule has 2 aromatic rings. The van der Waals surface area contributed by atoms with E-state index in [2.05, 4.69) is 30.9 Å². The Morgan fingerprint density at radius 2 is 1.88 bits per heavy atom. The van der Waals surface area contributed by atoms with Gasteiger partial charge in [-0.2, -0.15) is 5.10 Å². The highest BCUT2D eigenvalue weighted by molar-refractivity contribution is 6.11. The van der Waals surface area contributed by atoms with Crippen LogP contribution in [-0.2, 0) is 12.0 Å². The molecule has 0 bridgehead atoms. The Morgan fingerprint density at radius 3 is 2.46 bits per heavy atom. The molecular formula is C18H23N5O. The van der Waals surface area contributed by atoms with Crippen LogP contribution < -0.4 is 10.6 Å². The van der Waals surface area contributed by atoms with E-state index in [9.17, 15) is 4.79 Å². The second-order valence-electron chi connectivity index (χ2n) is 6.93. The number of aliphatic imine (C=N–C) groups is 1. The predicted octanol–water partition coefficient (Wildman–Crippen LogP) is 3.15. The van der Waals surface area contributed by atoms with Gasteiger partial charge in [0.2, 0.25) is 0 Å². The number of aromatic nitrogens is 2. The Kier molecular flexibility index (Phi) is 3.91. The lowest BCUT2D eigenvalue weighted by Gasteiger charge is -2.20. The summed E-state index contributed by atoms with van der Waals surface area (Å²) in [5.74, 6) is -0.0860. The lowest BCUT2D eigenvalue weighted by Crippen LogP contribution is -2.33. The number of anilines is 2. The van der Waals surface area contributed by atoms with Gasteiger partial charge in [0.25, 0.3) is 5.91 Å². The lowest BCUT2D eigenvalue weighted by molar-refractivity contribution is 0.0982. The van der Waals surface area contributed by atoms with Crippen molar-refractivity contribution in [1.29, 1.82) is 0 Å². The largest absolute Gasteiger partial charge is 0.399 e. The molecule has 6 heteroatoms. The van der Waals surface area contributed by atoms with E-state index < -0.39 is 0 Å². The second kappa shape index (κ2) is 5.78. The first-order valence-corrected chi connectivity index (χ1v) is 8.14. The minimum Gasteiger partial charge on any atom is -0.399 e. The van der Waals surface area contributed by atoms with Crippen LogP contribution in [0.2, 0.25) is 0 Å². The van der Waals surface area contributed by atoms with E-state index in [1.165, 1.54) is 0 Å². The van der Waals surface area contributed by atoms with Crippen molar-refractivity contribution in [2.24, 2.45) is 4.99 Å². The van der Waals surface area contributed by atoms with Gasteiger partial charge < -0.3 is 10.6 Å². The Hall–Kier alpha value is -2.63. The molecule has 0 saturated heterocycles. The molecule has 2 heterocycles. The molecule has 24 heavy (non-hydrogen) atoms. The molecule has 0 spiro atoms. The van der Waals surface area contributed by atoms with Gasteiger partial charge >= 0.3 is 0 Å². The molecule has 0 atom stereocenters. The van der Waals surface area contributed by atoms with Gasteiger partial charge in [-0.1, -0.05) is 20.8 Å². The molecule has 126 valence electrons. The molecule has 1 aliphatic heterocycles. The van der Waals surface area contributed by atoms with E-state index in [0.29, 0.717) is 30.2 Å². The van der Waals surface area contributed by atoms with Crippen LogP contribution in [0.25, 0.3) is 0 Å². The van der Waals surface area contributed by atoms with Crippen molar-refractivity contribution >= 4 is 29.2 Å². The Morgan fingerprint density at radius 1 is 1.21 bits per heavy atom. The topological polar surface area (TPSA) is 76.5 Å². The number of carbonyl (C=O) groups excluding carboxylic acids is 1. The Balaban J connectivity index is 2.13. The van der Waals surface area contributed by atoms with Gasteiger partial charge in [0, 0.05) is 29.5 Å². The number of rotatable bonds is 2. The average molecular weight is 325 g/mol. The summed E-state index contributed by atoms with van der Waals surface area (Å²) >= 11 is 0. The normalized spacial score (nSPS) is 14.7. The molecule has 0 aliphatic carbocycles. The first kappa shape index (κ1) is 16.2. The van der Waals surface area contributed by atoms with E-state index >= 15 is 0 Å². The van der Waals surface area contributed by atoms with E-state index in [1.54, 1.807) is 27.9 Å². The van der Waals surface area contributed by atoms with Crippen LogP contribution in [-0.4, -0.2) is 28.4 Å². The summed E-state index contributed by atoms with van der Waals surface area (Å²) in [4.78, 5) is 19.5. The minimum absolute atomic E-state index is 0.0860. The van der Waals surface area contributed by atoms with Crippen LogP contribution >= 0.6 is 0 Å². The van der Waals surface area contributed by atoms with Gasteiger partial charge in [0.1, 0.15) is 5.69 Å². The maximum Gasteiger partial charge on any atom is 0.279 e. The van der Waals surface area contributed by atoms with Crippen LogP contribution in [0.4, 0.5) is 17.1 Å². The number of fused-ring (bicyclic) bond motifs is 1. The fourth-order valence-corrected chi connectivity index (χ4v) is 2.82. The standard InChI is InChI=1S/C18H23N5O/c1-5-23-15-14(16(21-23)18(2,3)4)20-10-11-22(17(15)24)13-8-6-12(19)7-9-13/h6-10H,5,11,19H2,1-4H3. The van der Waals surface area contributed by atoms with Crippen molar-refractivity contribution in [3.8, 4) is 0 Å². The third-order valence-electron chi connectivity index (χ3n) is 4.07. The number of nitrogens with two attached hydrogens (primary N) is 1. The summed E-state index contributed by atoms with van der Waals surface area (Å²) in [6.45, 7) is 9.27. The van der Waals surface area contributed by atoms with Gasteiger partial charge in [-0.25, -0.2) is 0 Å². The molecule has 0 saturated carbocycles. The highest BCUT2D eigenvalue weighted by Crippen LogP contribution is 2.36. The highest BCUT2D eigenvalue weighted by Gasteiger charge is 2.33. The zero-order valence-electron chi connectivity index (χ0n) is 14.6. The molecule has 3 rings (SSSR count). The summed E-state index contributed by atoms with van der Waals surface area (Å²) < 4.78 is 1.76. The summed E-state index contributed by atoms with van der Waals surface area (Å²) in [7, 11) is 0. The fourth-order valence-electron chi connectivity index (χ4n) is 2.82. The number of hydrogen-bond acceptors (Lipinski definition) is 4. The smallest absolute Gasteiger partial charge is 0.279 e. The number of nitrogens with zero attached hydrogens (tertiary/aromatic N) is 4. The summed E-state index contributed by atoms with van der Waals surface area (Å²) in [6, 6.07) is 7.29. The quantitative estimate of drug-likeness (QED) is 0.862. The summed E-state index contributed by atoms with van der Waals surface area (Å²) in [5.41, 5.74) is 9.13. The zero-order valence-corrected chi connectivity index (χ0v) is 14.6. The number of benzene rings is 1. The number of hydrogen-bond donors (Lipinski definition) is 1. The SMILES string of the molecule is CCn1nc(C(C)(C)C)c2c1C(=O)N(c1ccc(N)cc1)CC=N2. The predicted molar refractivity (Wildman–Crippen MR) is 97.3 cm³/mol. The van der Waals surface area contributed by atoms with Gasteiger partial charge in [0.15, 0.2) is 5.69 Å². The van der Waals surface area contributed by atoms with Crippen molar-refractivity contribution in [1.82, 2.24) is 9.78 Å². The molecule has 1 aromatic heterocycles. The van der Waals surface area contributed by atoms with Crippen LogP contribution in [0.15, 0.2) is 29.3 Å². The molecule has 6 nitrogen and oxygen atoms in total. The number of carbonyl (C=O) groups is 1. The van der Waals surface area contributed by atoms with Crippen LogP contribution in [0.3, 0.4) is 0 Å². The summed E-state index contributed by atoms with van der Waals surface area (Å²) in [5, 5.41) is 4.65.